The summed E-state index contributed by atoms with van der Waals surface area (Å²) in [6, 6.07) is 3.73. The summed E-state index contributed by atoms with van der Waals surface area (Å²) < 4.78 is 41.2. The molecule has 1 fully saturated rings. The molecule has 1 amide bonds. The fraction of sp³-hybridized carbons (Fsp3) is 0.412. The molecular formula is C17H17F3N6O. The molecule has 1 saturated heterocycles. The molecule has 1 N–H and O–H groups in total. The predicted molar refractivity (Wildman–Crippen MR) is 89.0 cm³/mol. The maximum atomic E-state index is 13.4. The number of H-pyrrole nitrogens is 1. The number of alkyl halides is 3. The minimum absolute atomic E-state index is 0.137. The first-order chi connectivity index (χ1) is 12.9. The van der Waals surface area contributed by atoms with Gasteiger partial charge >= 0.3 is 6.18 Å². The van der Waals surface area contributed by atoms with E-state index in [1.807, 2.05) is 0 Å². The van der Waals surface area contributed by atoms with Gasteiger partial charge in [-0.05, 0) is 31.4 Å². The van der Waals surface area contributed by atoms with Crippen molar-refractivity contribution in [2.24, 2.45) is 0 Å². The predicted octanol–water partition coefficient (Wildman–Crippen LogP) is 3.01. The van der Waals surface area contributed by atoms with E-state index in [0.717, 1.165) is 17.0 Å². The Balaban J connectivity index is 1.76. The molecular weight excluding hydrogens is 361 g/mol. The Kier molecular flexibility index (Phi) is 4.12. The van der Waals surface area contributed by atoms with Crippen LogP contribution < -0.4 is 0 Å². The van der Waals surface area contributed by atoms with Gasteiger partial charge in [-0.1, -0.05) is 6.92 Å². The fourth-order valence-electron chi connectivity index (χ4n) is 3.44. The van der Waals surface area contributed by atoms with Crippen molar-refractivity contribution >= 4 is 11.6 Å². The summed E-state index contributed by atoms with van der Waals surface area (Å²) in [6.07, 6.45) is -1.30. The van der Waals surface area contributed by atoms with Crippen LogP contribution in [-0.2, 0) is 12.6 Å². The Morgan fingerprint density at radius 1 is 1.37 bits per heavy atom. The molecule has 0 aromatic carbocycles. The smallest absolute Gasteiger partial charge is 0.329 e. The van der Waals surface area contributed by atoms with E-state index in [0.29, 0.717) is 36.5 Å². The molecule has 3 aromatic rings. The Morgan fingerprint density at radius 2 is 2.19 bits per heavy atom. The van der Waals surface area contributed by atoms with Crippen molar-refractivity contribution in [2.75, 3.05) is 6.54 Å². The van der Waals surface area contributed by atoms with Gasteiger partial charge in [-0.3, -0.25) is 9.89 Å². The van der Waals surface area contributed by atoms with E-state index in [1.165, 1.54) is 12.3 Å². The first-order valence-corrected chi connectivity index (χ1v) is 8.65. The molecule has 7 nitrogen and oxygen atoms in total. The van der Waals surface area contributed by atoms with Crippen LogP contribution in [0, 0.1) is 0 Å². The number of rotatable bonds is 3. The molecule has 142 valence electrons. The van der Waals surface area contributed by atoms with Gasteiger partial charge in [-0.25, -0.2) is 9.50 Å². The Hall–Kier alpha value is -2.91. The number of nitrogens with zero attached hydrogens (tertiary/aromatic N) is 5. The minimum atomic E-state index is -4.55. The van der Waals surface area contributed by atoms with Crippen LogP contribution in [0.25, 0.3) is 5.65 Å². The SMILES string of the molecule is CCc1cc(C(F)(F)F)n2nc(C3CCCN3C(=O)c3ccn[nH]3)cc2n1. The average molecular weight is 378 g/mol. The van der Waals surface area contributed by atoms with Crippen LogP contribution in [0.15, 0.2) is 24.4 Å². The monoisotopic (exact) mass is 378 g/mol. The van der Waals surface area contributed by atoms with Crippen LogP contribution in [0.4, 0.5) is 13.2 Å². The van der Waals surface area contributed by atoms with Crippen molar-refractivity contribution in [3.63, 3.8) is 0 Å². The molecule has 4 rings (SSSR count). The van der Waals surface area contributed by atoms with Crippen LogP contribution in [-0.4, -0.2) is 42.1 Å². The average Bonchev–Trinajstić information content (AvgIpc) is 3.38. The highest BCUT2D eigenvalue weighted by molar-refractivity contribution is 5.92. The zero-order valence-corrected chi connectivity index (χ0v) is 14.5. The Labute approximate surface area is 152 Å². The van der Waals surface area contributed by atoms with Gasteiger partial charge < -0.3 is 4.90 Å². The van der Waals surface area contributed by atoms with Gasteiger partial charge in [-0.2, -0.15) is 23.4 Å². The molecule has 0 aliphatic carbocycles. The largest absolute Gasteiger partial charge is 0.433 e. The topological polar surface area (TPSA) is 79.2 Å². The summed E-state index contributed by atoms with van der Waals surface area (Å²) in [4.78, 5) is 18.5. The first-order valence-electron chi connectivity index (χ1n) is 8.65. The molecule has 3 aromatic heterocycles. The number of aryl methyl sites for hydroxylation is 1. The number of hydrogen-bond donors (Lipinski definition) is 1. The van der Waals surface area contributed by atoms with Gasteiger partial charge in [0.25, 0.3) is 5.91 Å². The van der Waals surface area contributed by atoms with E-state index < -0.39 is 17.9 Å². The summed E-state index contributed by atoms with van der Waals surface area (Å²) >= 11 is 0. The van der Waals surface area contributed by atoms with E-state index in [-0.39, 0.29) is 11.6 Å². The second kappa shape index (κ2) is 6.36. The van der Waals surface area contributed by atoms with E-state index in [1.54, 1.807) is 17.9 Å². The third kappa shape index (κ3) is 3.04. The normalized spacial score (nSPS) is 17.8. The number of halogens is 3. The Bertz CT molecular complexity index is 979. The molecule has 27 heavy (non-hydrogen) atoms. The molecule has 1 unspecified atom stereocenters. The van der Waals surface area contributed by atoms with Crippen LogP contribution in [0.2, 0.25) is 0 Å². The molecule has 0 radical (unpaired) electrons. The summed E-state index contributed by atoms with van der Waals surface area (Å²) in [7, 11) is 0. The highest BCUT2D eigenvalue weighted by Gasteiger charge is 2.37. The number of aromatic amines is 1. The van der Waals surface area contributed by atoms with Gasteiger partial charge in [-0.15, -0.1) is 0 Å². The molecule has 10 heteroatoms. The number of carbonyl (C=O) groups excluding carboxylic acids is 1. The number of nitrogens with one attached hydrogen (secondary N) is 1. The van der Waals surface area contributed by atoms with E-state index >= 15 is 0 Å². The van der Waals surface area contributed by atoms with Crippen molar-refractivity contribution in [1.29, 1.82) is 0 Å². The minimum Gasteiger partial charge on any atom is -0.329 e. The first kappa shape index (κ1) is 17.5. The highest BCUT2D eigenvalue weighted by atomic mass is 19.4. The lowest BCUT2D eigenvalue weighted by Gasteiger charge is -2.22. The van der Waals surface area contributed by atoms with Gasteiger partial charge in [0.05, 0.1) is 11.7 Å². The summed E-state index contributed by atoms with van der Waals surface area (Å²) in [5, 5.41) is 10.6. The van der Waals surface area contributed by atoms with Crippen LogP contribution in [0.1, 0.15) is 53.4 Å². The Morgan fingerprint density at radius 3 is 2.85 bits per heavy atom. The molecule has 0 bridgehead atoms. The van der Waals surface area contributed by atoms with Crippen molar-refractivity contribution in [2.45, 2.75) is 38.4 Å². The lowest BCUT2D eigenvalue weighted by atomic mass is 10.1. The van der Waals surface area contributed by atoms with Crippen LogP contribution >= 0.6 is 0 Å². The molecule has 0 saturated carbocycles. The molecule has 0 spiro atoms. The third-order valence-electron chi connectivity index (χ3n) is 4.74. The fourth-order valence-corrected chi connectivity index (χ4v) is 3.44. The highest BCUT2D eigenvalue weighted by Crippen LogP contribution is 2.35. The van der Waals surface area contributed by atoms with Gasteiger partial charge in [0.2, 0.25) is 0 Å². The van der Waals surface area contributed by atoms with Gasteiger partial charge in [0.1, 0.15) is 11.4 Å². The maximum Gasteiger partial charge on any atom is 0.433 e. The van der Waals surface area contributed by atoms with E-state index in [2.05, 4.69) is 20.3 Å². The van der Waals surface area contributed by atoms with Crippen molar-refractivity contribution in [1.82, 2.24) is 29.7 Å². The van der Waals surface area contributed by atoms with Gasteiger partial charge in [0, 0.05) is 24.5 Å². The number of carbonyl (C=O) groups is 1. The molecule has 1 aliphatic heterocycles. The van der Waals surface area contributed by atoms with Gasteiger partial charge in [0.15, 0.2) is 5.65 Å². The second-order valence-electron chi connectivity index (χ2n) is 6.45. The number of likely N-dealkylation sites (tertiary alicyclic amines) is 1. The lowest BCUT2D eigenvalue weighted by Crippen LogP contribution is -2.31. The van der Waals surface area contributed by atoms with Crippen LogP contribution in [0.5, 0.6) is 0 Å². The van der Waals surface area contributed by atoms with Crippen molar-refractivity contribution in [3.8, 4) is 0 Å². The number of fused-ring (bicyclic) bond motifs is 1. The summed E-state index contributed by atoms with van der Waals surface area (Å²) in [5.41, 5.74) is 0.371. The maximum absolute atomic E-state index is 13.4. The van der Waals surface area contributed by atoms with E-state index in [9.17, 15) is 18.0 Å². The quantitative estimate of drug-likeness (QED) is 0.760. The van der Waals surface area contributed by atoms with Crippen molar-refractivity contribution < 1.29 is 18.0 Å². The molecule has 1 aliphatic rings. The number of hydrogen-bond acceptors (Lipinski definition) is 4. The standard InChI is InChI=1S/C17H17F3N6O/c1-2-10-8-14(17(18,19)20)26-15(22-10)9-12(24-26)13-4-3-7-25(13)16(27)11-5-6-21-23-11/h5-6,8-9,13H,2-4,7H2,1H3,(H,21,23). The summed E-state index contributed by atoms with van der Waals surface area (Å²) in [5.74, 6) is -0.245. The van der Waals surface area contributed by atoms with Crippen LogP contribution in [0.3, 0.4) is 0 Å². The zero-order valence-electron chi connectivity index (χ0n) is 14.5. The zero-order chi connectivity index (χ0) is 19.2. The summed E-state index contributed by atoms with van der Waals surface area (Å²) in [6.45, 7) is 2.26. The van der Waals surface area contributed by atoms with Crippen molar-refractivity contribution in [3.05, 3.63) is 47.2 Å². The number of amides is 1. The van der Waals surface area contributed by atoms with E-state index in [4.69, 9.17) is 0 Å². The molecule has 4 heterocycles. The number of aromatic nitrogens is 5. The third-order valence-corrected chi connectivity index (χ3v) is 4.74. The lowest BCUT2D eigenvalue weighted by molar-refractivity contribution is -0.142. The second-order valence-corrected chi connectivity index (χ2v) is 6.45. The molecule has 1 atom stereocenters.